The summed E-state index contributed by atoms with van der Waals surface area (Å²) in [6.45, 7) is 13.9. The van der Waals surface area contributed by atoms with Crippen molar-refractivity contribution in [3.63, 3.8) is 0 Å². The van der Waals surface area contributed by atoms with Gasteiger partial charge in [-0.25, -0.2) is 0 Å². The van der Waals surface area contributed by atoms with Crippen LogP contribution in [0.25, 0.3) is 0 Å². The van der Waals surface area contributed by atoms with Crippen LogP contribution in [0.4, 0.5) is 0 Å². The average molecular weight is 490 g/mol. The zero-order chi connectivity index (χ0) is 24.4. The third kappa shape index (κ3) is 8.63. The van der Waals surface area contributed by atoms with Gasteiger partial charge in [0.15, 0.2) is 0 Å². The molecule has 0 aliphatic rings. The Balaban J connectivity index is 0.00000578. The number of aromatic hydroxyl groups is 1. The molecule has 0 aliphatic carbocycles. The van der Waals surface area contributed by atoms with Gasteiger partial charge in [-0.2, -0.15) is 0 Å². The molecular formula is C29H44ClNO3. The normalized spacial score (nSPS) is 12.1. The molecule has 0 radical (unpaired) electrons. The standard InChI is InChI=1S/C29H43NO3.ClH/c1-7-8-9-13-16-28(32)33-27-18-17-26(31)23(6)29(27)25(24-14-11-10-12-15-24)19-20-30(21(2)3)22(4)5;/h10-12,14-15,17-18,21-22,25,31H,7-9,13,16,19-20H2,1-6H3;1H. The van der Waals surface area contributed by atoms with Crippen molar-refractivity contribution < 1.29 is 14.6 Å². The molecule has 0 fully saturated rings. The number of benzene rings is 2. The SMILES string of the molecule is CCCCCCC(=O)Oc1ccc(O)c(C)c1C(CCN(C(C)C)C(C)C)c1ccccc1.Cl. The molecular weight excluding hydrogens is 446 g/mol. The highest BCUT2D eigenvalue weighted by atomic mass is 35.5. The van der Waals surface area contributed by atoms with Crippen molar-refractivity contribution in [2.45, 2.75) is 98.1 Å². The number of phenols is 1. The molecule has 2 aromatic carbocycles. The number of phenolic OH excluding ortho intramolecular Hbond substituents is 1. The van der Waals surface area contributed by atoms with Crippen LogP contribution in [0.15, 0.2) is 42.5 Å². The van der Waals surface area contributed by atoms with Crippen molar-refractivity contribution in [3.8, 4) is 11.5 Å². The molecule has 0 spiro atoms. The number of rotatable bonds is 13. The van der Waals surface area contributed by atoms with Crippen LogP contribution in [0.1, 0.15) is 95.8 Å². The summed E-state index contributed by atoms with van der Waals surface area (Å²) < 4.78 is 5.90. The summed E-state index contributed by atoms with van der Waals surface area (Å²) in [6.07, 6.45) is 5.45. The highest BCUT2D eigenvalue weighted by molar-refractivity contribution is 5.85. The molecule has 0 saturated carbocycles. The number of halogens is 1. The molecule has 34 heavy (non-hydrogen) atoms. The third-order valence-electron chi connectivity index (χ3n) is 6.46. The van der Waals surface area contributed by atoms with Crippen LogP contribution in [0.2, 0.25) is 0 Å². The van der Waals surface area contributed by atoms with E-state index in [-0.39, 0.29) is 30.0 Å². The van der Waals surface area contributed by atoms with Gasteiger partial charge in [-0.1, -0.05) is 56.5 Å². The first-order valence-electron chi connectivity index (χ1n) is 12.6. The van der Waals surface area contributed by atoms with Gasteiger partial charge in [0.25, 0.3) is 0 Å². The second kappa shape index (κ2) is 15.1. The number of unbranched alkanes of at least 4 members (excludes halogenated alkanes) is 3. The van der Waals surface area contributed by atoms with Crippen molar-refractivity contribution in [3.05, 3.63) is 59.2 Å². The molecule has 2 rings (SSSR count). The Morgan fingerprint density at radius 2 is 1.62 bits per heavy atom. The summed E-state index contributed by atoms with van der Waals surface area (Å²) in [6, 6.07) is 14.6. The minimum Gasteiger partial charge on any atom is -0.508 e. The second-order valence-corrected chi connectivity index (χ2v) is 9.58. The zero-order valence-electron chi connectivity index (χ0n) is 21.8. The van der Waals surface area contributed by atoms with Crippen LogP contribution in [0, 0.1) is 6.92 Å². The van der Waals surface area contributed by atoms with Gasteiger partial charge < -0.3 is 9.84 Å². The minimum atomic E-state index is -0.199. The third-order valence-corrected chi connectivity index (χ3v) is 6.46. The van der Waals surface area contributed by atoms with Crippen LogP contribution in [-0.2, 0) is 4.79 Å². The van der Waals surface area contributed by atoms with Crippen molar-refractivity contribution in [1.82, 2.24) is 4.90 Å². The average Bonchev–Trinajstić information content (AvgIpc) is 2.78. The Labute approximate surface area is 213 Å². The maximum absolute atomic E-state index is 12.6. The van der Waals surface area contributed by atoms with E-state index in [1.807, 2.05) is 25.1 Å². The van der Waals surface area contributed by atoms with Crippen molar-refractivity contribution in [2.75, 3.05) is 6.54 Å². The molecule has 0 amide bonds. The zero-order valence-corrected chi connectivity index (χ0v) is 22.7. The Morgan fingerprint density at radius 1 is 0.971 bits per heavy atom. The van der Waals surface area contributed by atoms with E-state index in [2.05, 4.69) is 51.7 Å². The number of carbonyl (C=O) groups excluding carboxylic acids is 1. The van der Waals surface area contributed by atoms with Gasteiger partial charge in [-0.3, -0.25) is 9.69 Å². The van der Waals surface area contributed by atoms with E-state index in [9.17, 15) is 9.90 Å². The number of esters is 1. The smallest absolute Gasteiger partial charge is 0.311 e. The number of hydrogen-bond donors (Lipinski definition) is 1. The number of hydrogen-bond acceptors (Lipinski definition) is 4. The predicted molar refractivity (Wildman–Crippen MR) is 144 cm³/mol. The predicted octanol–water partition coefficient (Wildman–Crippen LogP) is 7.64. The fourth-order valence-corrected chi connectivity index (χ4v) is 4.64. The first kappa shape index (κ1) is 30.0. The molecule has 0 saturated heterocycles. The Bertz CT molecular complexity index is 859. The van der Waals surface area contributed by atoms with E-state index in [0.717, 1.165) is 49.8 Å². The second-order valence-electron chi connectivity index (χ2n) is 9.58. The summed E-state index contributed by atoms with van der Waals surface area (Å²) >= 11 is 0. The van der Waals surface area contributed by atoms with Gasteiger partial charge in [0.05, 0.1) is 0 Å². The molecule has 5 heteroatoms. The Kier molecular flexibility index (Phi) is 13.3. The van der Waals surface area contributed by atoms with Crippen LogP contribution < -0.4 is 4.74 Å². The molecule has 1 atom stereocenters. The number of ether oxygens (including phenoxy) is 1. The monoisotopic (exact) mass is 489 g/mol. The summed E-state index contributed by atoms with van der Waals surface area (Å²) in [5.74, 6) is 0.620. The molecule has 0 aliphatic heterocycles. The van der Waals surface area contributed by atoms with Gasteiger partial charge >= 0.3 is 5.97 Å². The van der Waals surface area contributed by atoms with Gasteiger partial charge in [-0.15, -0.1) is 12.4 Å². The molecule has 190 valence electrons. The largest absolute Gasteiger partial charge is 0.508 e. The maximum Gasteiger partial charge on any atom is 0.311 e. The highest BCUT2D eigenvalue weighted by Gasteiger charge is 2.25. The number of nitrogens with zero attached hydrogens (tertiary/aromatic N) is 1. The van der Waals surface area contributed by atoms with E-state index >= 15 is 0 Å². The van der Waals surface area contributed by atoms with Gasteiger partial charge in [0.1, 0.15) is 11.5 Å². The fraction of sp³-hybridized carbons (Fsp3) is 0.552. The lowest BCUT2D eigenvalue weighted by Gasteiger charge is -2.33. The molecule has 1 N–H and O–H groups in total. The van der Waals surface area contributed by atoms with Gasteiger partial charge in [0.2, 0.25) is 0 Å². The summed E-state index contributed by atoms with van der Waals surface area (Å²) in [5, 5.41) is 10.6. The van der Waals surface area contributed by atoms with Gasteiger partial charge in [0, 0.05) is 30.0 Å². The minimum absolute atomic E-state index is 0. The lowest BCUT2D eigenvalue weighted by Crippen LogP contribution is -2.38. The molecule has 2 aromatic rings. The summed E-state index contributed by atoms with van der Waals surface area (Å²) in [5.41, 5.74) is 2.86. The van der Waals surface area contributed by atoms with Crippen molar-refractivity contribution in [1.29, 1.82) is 0 Å². The summed E-state index contributed by atoms with van der Waals surface area (Å²) in [4.78, 5) is 15.1. The Morgan fingerprint density at radius 3 is 2.21 bits per heavy atom. The van der Waals surface area contributed by atoms with E-state index < -0.39 is 0 Å². The fourth-order valence-electron chi connectivity index (χ4n) is 4.64. The maximum atomic E-state index is 12.6. The van der Waals surface area contributed by atoms with E-state index in [1.54, 1.807) is 12.1 Å². The van der Waals surface area contributed by atoms with Crippen LogP contribution >= 0.6 is 12.4 Å². The molecule has 0 bridgehead atoms. The lowest BCUT2D eigenvalue weighted by molar-refractivity contribution is -0.134. The van der Waals surface area contributed by atoms with Crippen LogP contribution in [0.3, 0.4) is 0 Å². The van der Waals surface area contributed by atoms with Crippen LogP contribution in [-0.4, -0.2) is 34.6 Å². The van der Waals surface area contributed by atoms with Gasteiger partial charge in [-0.05, 0) is 77.3 Å². The van der Waals surface area contributed by atoms with Crippen LogP contribution in [0.5, 0.6) is 11.5 Å². The molecule has 4 nitrogen and oxygen atoms in total. The lowest BCUT2D eigenvalue weighted by atomic mass is 9.84. The Hall–Kier alpha value is -2.04. The first-order valence-corrected chi connectivity index (χ1v) is 12.6. The first-order chi connectivity index (χ1) is 15.8. The molecule has 0 heterocycles. The quantitative estimate of drug-likeness (QED) is 0.178. The van der Waals surface area contributed by atoms with E-state index in [4.69, 9.17) is 4.74 Å². The summed E-state index contributed by atoms with van der Waals surface area (Å²) in [7, 11) is 0. The topological polar surface area (TPSA) is 49.8 Å². The van der Waals surface area contributed by atoms with Crippen molar-refractivity contribution >= 4 is 18.4 Å². The van der Waals surface area contributed by atoms with Crippen molar-refractivity contribution in [2.24, 2.45) is 0 Å². The molecule has 1 unspecified atom stereocenters. The molecule has 0 aromatic heterocycles. The highest BCUT2D eigenvalue weighted by Crippen LogP contribution is 2.40. The van der Waals surface area contributed by atoms with E-state index in [1.165, 1.54) is 5.56 Å². The number of carbonyl (C=O) groups is 1. The van der Waals surface area contributed by atoms with E-state index in [0.29, 0.717) is 24.3 Å².